The van der Waals surface area contributed by atoms with Gasteiger partial charge in [-0.25, -0.2) is 4.79 Å². The minimum Gasteiger partial charge on any atom is -0.458 e. The molecule has 0 amide bonds. The maximum atomic E-state index is 14.1. The van der Waals surface area contributed by atoms with Crippen LogP contribution < -0.4 is 0 Å². The Morgan fingerprint density at radius 3 is 2.39 bits per heavy atom. The molecule has 0 N–H and O–H groups in total. The number of esters is 2. The lowest BCUT2D eigenvalue weighted by Crippen LogP contribution is -2.52. The zero-order valence-electron chi connectivity index (χ0n) is 22.0. The van der Waals surface area contributed by atoms with E-state index in [9.17, 15) is 19.2 Å². The highest BCUT2D eigenvalue weighted by atomic mass is 16.6. The number of carbonyl (C=O) groups excluding carboxylic acids is 4. The van der Waals surface area contributed by atoms with E-state index in [0.717, 1.165) is 0 Å². The number of rotatable bonds is 3. The topological polar surface area (TPSA) is 99.3 Å². The number of allylic oxidation sites excluding steroid dienone is 1. The van der Waals surface area contributed by atoms with Crippen LogP contribution >= 0.6 is 0 Å². The Morgan fingerprint density at radius 2 is 1.75 bits per heavy atom. The third-order valence-electron chi connectivity index (χ3n) is 8.19. The maximum Gasteiger partial charge on any atom is 0.338 e. The smallest absolute Gasteiger partial charge is 0.338 e. The van der Waals surface area contributed by atoms with E-state index < -0.39 is 46.7 Å². The molecule has 1 saturated carbocycles. The maximum absolute atomic E-state index is 14.1. The van der Waals surface area contributed by atoms with Gasteiger partial charge in [0.05, 0.1) is 23.2 Å². The van der Waals surface area contributed by atoms with Crippen molar-refractivity contribution in [2.24, 2.45) is 17.3 Å². The SMILES string of the molecule is CC(=O)O[C@]12C[C@H](C)[C@H](OC(=O)c3ccccc3)[C@H]1[C@H]1O[C@]1(C)CCC(=O)C(C)(C)C/C=C(\C)C2=O. The average molecular weight is 497 g/mol. The molecule has 6 atom stereocenters. The highest BCUT2D eigenvalue weighted by molar-refractivity contribution is 6.03. The molecule has 4 rings (SSSR count). The van der Waals surface area contributed by atoms with Crippen LogP contribution in [0, 0.1) is 17.3 Å². The molecular weight excluding hydrogens is 460 g/mol. The number of epoxide rings is 1. The first kappa shape index (κ1) is 26.3. The van der Waals surface area contributed by atoms with Crippen molar-refractivity contribution >= 4 is 23.5 Å². The van der Waals surface area contributed by atoms with Crippen LogP contribution in [0.3, 0.4) is 0 Å². The summed E-state index contributed by atoms with van der Waals surface area (Å²) in [6.07, 6.45) is 1.96. The van der Waals surface area contributed by atoms with Crippen LogP contribution in [0.15, 0.2) is 42.0 Å². The Balaban J connectivity index is 1.80. The molecule has 0 spiro atoms. The van der Waals surface area contributed by atoms with Crippen LogP contribution in [0.25, 0.3) is 0 Å². The van der Waals surface area contributed by atoms with Crippen LogP contribution in [-0.4, -0.2) is 46.9 Å². The van der Waals surface area contributed by atoms with E-state index in [0.29, 0.717) is 30.4 Å². The summed E-state index contributed by atoms with van der Waals surface area (Å²) in [4.78, 5) is 52.5. The molecule has 0 aromatic heterocycles. The van der Waals surface area contributed by atoms with Gasteiger partial charge in [-0.1, -0.05) is 45.0 Å². The number of hydrogen-bond acceptors (Lipinski definition) is 7. The van der Waals surface area contributed by atoms with Gasteiger partial charge >= 0.3 is 11.9 Å². The summed E-state index contributed by atoms with van der Waals surface area (Å²) in [5.41, 5.74) is -2.03. The van der Waals surface area contributed by atoms with E-state index in [2.05, 4.69) is 0 Å². The van der Waals surface area contributed by atoms with E-state index in [1.54, 1.807) is 37.3 Å². The van der Waals surface area contributed by atoms with E-state index in [-0.39, 0.29) is 23.9 Å². The van der Waals surface area contributed by atoms with Crippen molar-refractivity contribution in [1.29, 1.82) is 0 Å². The number of hydrogen-bond donors (Lipinski definition) is 0. The van der Waals surface area contributed by atoms with Crippen LogP contribution in [-0.2, 0) is 28.6 Å². The molecule has 1 aliphatic heterocycles. The Kier molecular flexibility index (Phi) is 6.75. The Bertz CT molecular complexity index is 1100. The Morgan fingerprint density at radius 1 is 1.08 bits per heavy atom. The normalized spacial score (nSPS) is 37.3. The zero-order valence-corrected chi connectivity index (χ0v) is 22.0. The number of carbonyl (C=O) groups is 4. The van der Waals surface area contributed by atoms with Crippen molar-refractivity contribution in [3.8, 4) is 0 Å². The van der Waals surface area contributed by atoms with Gasteiger partial charge in [-0.15, -0.1) is 0 Å². The third kappa shape index (κ3) is 4.65. The first-order valence-corrected chi connectivity index (χ1v) is 12.7. The molecule has 7 nitrogen and oxygen atoms in total. The van der Waals surface area contributed by atoms with Gasteiger partial charge < -0.3 is 14.2 Å². The molecule has 1 heterocycles. The lowest BCUT2D eigenvalue weighted by molar-refractivity contribution is -0.171. The van der Waals surface area contributed by atoms with Crippen molar-refractivity contribution in [1.82, 2.24) is 0 Å². The van der Waals surface area contributed by atoms with E-state index in [4.69, 9.17) is 14.2 Å². The number of ether oxygens (including phenoxy) is 3. The van der Waals surface area contributed by atoms with E-state index in [1.807, 2.05) is 33.8 Å². The molecule has 0 unspecified atom stereocenters. The van der Waals surface area contributed by atoms with E-state index in [1.165, 1.54) is 6.92 Å². The van der Waals surface area contributed by atoms with Gasteiger partial charge in [-0.2, -0.15) is 0 Å². The van der Waals surface area contributed by atoms with E-state index >= 15 is 0 Å². The predicted molar refractivity (Wildman–Crippen MR) is 132 cm³/mol. The molecule has 194 valence electrons. The summed E-state index contributed by atoms with van der Waals surface area (Å²) in [6, 6.07) is 8.67. The standard InChI is InChI=1S/C29H36O7/c1-17-12-14-27(4,5)21(31)13-15-28(6)25(36-28)22-23(34-26(33)20-10-8-7-9-11-20)18(2)16-29(22,24(17)32)35-19(3)30/h7-12,18,22-23,25H,13-16H2,1-6H3/b17-12+/t18-,22-,23-,25+,28+,29+/m0/s1. The Hall–Kier alpha value is -2.80. The van der Waals surface area contributed by atoms with Crippen molar-refractivity contribution in [3.63, 3.8) is 0 Å². The fourth-order valence-electron chi connectivity index (χ4n) is 5.94. The second-order valence-corrected chi connectivity index (χ2v) is 11.5. The molecule has 7 heteroatoms. The van der Waals surface area contributed by atoms with Gasteiger partial charge in [0.2, 0.25) is 5.78 Å². The van der Waals surface area contributed by atoms with Crippen molar-refractivity contribution in [2.75, 3.05) is 0 Å². The van der Waals surface area contributed by atoms with Gasteiger partial charge in [0.25, 0.3) is 0 Å². The molecule has 0 radical (unpaired) electrons. The summed E-state index contributed by atoms with van der Waals surface area (Å²) in [5, 5.41) is 0. The summed E-state index contributed by atoms with van der Waals surface area (Å²) in [6.45, 7) is 10.6. The zero-order chi connectivity index (χ0) is 26.5. The van der Waals surface area contributed by atoms with Crippen LogP contribution in [0.2, 0.25) is 0 Å². The van der Waals surface area contributed by atoms with Crippen molar-refractivity contribution in [3.05, 3.63) is 47.5 Å². The Labute approximate surface area is 212 Å². The molecular formula is C29H36O7. The summed E-state index contributed by atoms with van der Waals surface area (Å²) >= 11 is 0. The first-order valence-electron chi connectivity index (χ1n) is 12.7. The molecule has 3 aliphatic rings. The van der Waals surface area contributed by atoms with Crippen molar-refractivity contribution < 1.29 is 33.4 Å². The van der Waals surface area contributed by atoms with Crippen LogP contribution in [0.1, 0.15) is 77.6 Å². The molecule has 1 aromatic carbocycles. The van der Waals surface area contributed by atoms with Gasteiger partial charge in [0.15, 0.2) is 5.60 Å². The summed E-state index contributed by atoms with van der Waals surface area (Å²) < 4.78 is 18.2. The quantitative estimate of drug-likeness (QED) is 0.445. The molecule has 0 bridgehead atoms. The first-order chi connectivity index (χ1) is 16.8. The summed E-state index contributed by atoms with van der Waals surface area (Å²) in [5.74, 6) is -2.27. The number of ketones is 2. The van der Waals surface area contributed by atoms with Crippen LogP contribution in [0.4, 0.5) is 0 Å². The van der Waals surface area contributed by atoms with Crippen LogP contribution in [0.5, 0.6) is 0 Å². The van der Waals surface area contributed by atoms with Gasteiger partial charge in [-0.05, 0) is 50.3 Å². The monoisotopic (exact) mass is 496 g/mol. The minimum absolute atomic E-state index is 0.105. The molecule has 1 aromatic rings. The number of benzene rings is 1. The lowest BCUT2D eigenvalue weighted by Gasteiger charge is -2.35. The molecule has 2 aliphatic carbocycles. The van der Waals surface area contributed by atoms with Gasteiger partial charge in [0.1, 0.15) is 11.9 Å². The summed E-state index contributed by atoms with van der Waals surface area (Å²) in [7, 11) is 0. The second kappa shape index (κ2) is 9.25. The highest BCUT2D eigenvalue weighted by Gasteiger charge is 2.71. The number of fused-ring (bicyclic) bond motifs is 3. The largest absolute Gasteiger partial charge is 0.458 e. The molecule has 2 fully saturated rings. The van der Waals surface area contributed by atoms with Gasteiger partial charge in [0, 0.05) is 25.2 Å². The molecule has 1 saturated heterocycles. The fraction of sp³-hybridized carbons (Fsp3) is 0.586. The van der Waals surface area contributed by atoms with Crippen molar-refractivity contribution in [2.45, 2.75) is 90.6 Å². The highest BCUT2D eigenvalue weighted by Crippen LogP contribution is 2.57. The third-order valence-corrected chi connectivity index (χ3v) is 8.19. The van der Waals surface area contributed by atoms with Gasteiger partial charge in [-0.3, -0.25) is 14.4 Å². The predicted octanol–water partition coefficient (Wildman–Crippen LogP) is 4.62. The second-order valence-electron chi connectivity index (χ2n) is 11.5. The average Bonchev–Trinajstić information content (AvgIpc) is 3.41. The number of Topliss-reactive ketones (excluding diaryl/α,β-unsaturated/α-hetero) is 2. The minimum atomic E-state index is -1.52. The fourth-order valence-corrected chi connectivity index (χ4v) is 5.94. The lowest BCUT2D eigenvalue weighted by atomic mass is 9.74. The molecule has 36 heavy (non-hydrogen) atoms.